The molecule has 2 heterocycles. The second-order valence-electron chi connectivity index (χ2n) is 5.83. The van der Waals surface area contributed by atoms with Crippen LogP contribution in [0, 0.1) is 6.92 Å². The van der Waals surface area contributed by atoms with Crippen molar-refractivity contribution in [3.05, 3.63) is 40.8 Å². The van der Waals surface area contributed by atoms with E-state index in [4.69, 9.17) is 4.74 Å². The summed E-state index contributed by atoms with van der Waals surface area (Å²) in [5, 5.41) is 9.14. The number of carbonyl (C=O) groups excluding carboxylic acids is 3. The first-order valence-corrected chi connectivity index (χ1v) is 9.03. The number of nitrogens with one attached hydrogen (secondary N) is 3. The van der Waals surface area contributed by atoms with Gasteiger partial charge in [0.1, 0.15) is 10.9 Å². The number of thiophene rings is 1. The third-order valence-electron chi connectivity index (χ3n) is 3.86. The van der Waals surface area contributed by atoms with Gasteiger partial charge in [-0.25, -0.2) is 4.79 Å². The van der Waals surface area contributed by atoms with E-state index in [0.29, 0.717) is 22.2 Å². The smallest absolute Gasteiger partial charge is 0.348 e. The molecule has 2 aromatic rings. The van der Waals surface area contributed by atoms with Gasteiger partial charge >= 0.3 is 5.97 Å². The summed E-state index contributed by atoms with van der Waals surface area (Å²) in [4.78, 5) is 36.8. The van der Waals surface area contributed by atoms with E-state index in [1.165, 1.54) is 0 Å². The lowest BCUT2D eigenvalue weighted by Gasteiger charge is -2.26. The molecular formula is C18H19N3O4S. The number of esters is 1. The summed E-state index contributed by atoms with van der Waals surface area (Å²) in [5.41, 5.74) is 2.22. The Hall–Kier alpha value is -2.87. The number of benzene rings is 1. The number of aryl methyl sites for hydroxylation is 1. The van der Waals surface area contributed by atoms with Crippen LogP contribution in [0.4, 0.5) is 16.4 Å². The predicted molar refractivity (Wildman–Crippen MR) is 101 cm³/mol. The first-order chi connectivity index (χ1) is 12.5. The number of para-hydroxylation sites is 2. The van der Waals surface area contributed by atoms with Crippen LogP contribution >= 0.6 is 11.3 Å². The van der Waals surface area contributed by atoms with Crippen LogP contribution in [0.1, 0.15) is 28.6 Å². The fourth-order valence-electron chi connectivity index (χ4n) is 2.65. The second-order valence-corrected chi connectivity index (χ2v) is 6.88. The maximum atomic E-state index is 12.3. The molecule has 0 saturated carbocycles. The number of rotatable bonds is 5. The molecule has 136 valence electrons. The molecule has 1 aliphatic rings. The van der Waals surface area contributed by atoms with Gasteiger partial charge < -0.3 is 20.7 Å². The molecule has 1 aromatic carbocycles. The van der Waals surface area contributed by atoms with Crippen LogP contribution in [0.5, 0.6) is 0 Å². The normalized spacial score (nSPS) is 15.5. The molecule has 0 fully saturated rings. The zero-order valence-electron chi connectivity index (χ0n) is 14.4. The molecule has 1 unspecified atom stereocenters. The van der Waals surface area contributed by atoms with Crippen LogP contribution < -0.4 is 16.0 Å². The van der Waals surface area contributed by atoms with Crippen LogP contribution in [-0.4, -0.2) is 30.4 Å². The first-order valence-electron chi connectivity index (χ1n) is 8.21. The molecule has 3 rings (SSSR count). The lowest BCUT2D eigenvalue weighted by Crippen LogP contribution is -2.41. The van der Waals surface area contributed by atoms with Crippen molar-refractivity contribution in [2.24, 2.45) is 0 Å². The zero-order chi connectivity index (χ0) is 18.7. The van der Waals surface area contributed by atoms with E-state index in [9.17, 15) is 14.4 Å². The van der Waals surface area contributed by atoms with Gasteiger partial charge in [-0.15, -0.1) is 11.3 Å². The number of hydrogen-bond acceptors (Lipinski definition) is 6. The van der Waals surface area contributed by atoms with Crippen LogP contribution in [0.15, 0.2) is 30.3 Å². The lowest BCUT2D eigenvalue weighted by atomic mass is 10.1. The molecule has 2 amide bonds. The van der Waals surface area contributed by atoms with Crippen molar-refractivity contribution in [2.45, 2.75) is 26.3 Å². The molecule has 0 spiro atoms. The van der Waals surface area contributed by atoms with Crippen molar-refractivity contribution in [3.63, 3.8) is 0 Å². The van der Waals surface area contributed by atoms with Crippen molar-refractivity contribution in [2.75, 3.05) is 22.6 Å². The highest BCUT2D eigenvalue weighted by Gasteiger charge is 2.27. The third kappa shape index (κ3) is 3.85. The van der Waals surface area contributed by atoms with E-state index < -0.39 is 12.0 Å². The predicted octanol–water partition coefficient (Wildman–Crippen LogP) is 2.99. The van der Waals surface area contributed by atoms with Crippen molar-refractivity contribution >= 4 is 45.5 Å². The SMILES string of the molecule is CCOC(=O)c1sc(NC(=O)CC2Nc3ccccc3NC2=O)cc1C. The minimum Gasteiger partial charge on any atom is -0.462 e. The van der Waals surface area contributed by atoms with Gasteiger partial charge in [-0.05, 0) is 37.6 Å². The van der Waals surface area contributed by atoms with Gasteiger partial charge in [-0.3, -0.25) is 9.59 Å². The van der Waals surface area contributed by atoms with Gasteiger partial charge in [0.15, 0.2) is 0 Å². The highest BCUT2D eigenvalue weighted by molar-refractivity contribution is 7.18. The average Bonchev–Trinajstić information content (AvgIpc) is 2.96. The number of hydrogen-bond donors (Lipinski definition) is 3. The Bertz CT molecular complexity index is 862. The van der Waals surface area contributed by atoms with E-state index in [2.05, 4.69) is 16.0 Å². The Kier molecular flexibility index (Phi) is 5.22. The van der Waals surface area contributed by atoms with Crippen LogP contribution in [0.2, 0.25) is 0 Å². The van der Waals surface area contributed by atoms with E-state index in [-0.39, 0.29) is 18.2 Å². The summed E-state index contributed by atoms with van der Waals surface area (Å²) in [6, 6.07) is 8.38. The van der Waals surface area contributed by atoms with E-state index in [1.54, 1.807) is 26.0 Å². The number of fused-ring (bicyclic) bond motifs is 1. The third-order valence-corrected chi connectivity index (χ3v) is 4.99. The molecular weight excluding hydrogens is 354 g/mol. The molecule has 1 atom stereocenters. The minimum absolute atomic E-state index is 0.0220. The van der Waals surface area contributed by atoms with Crippen LogP contribution in [0.25, 0.3) is 0 Å². The summed E-state index contributed by atoms with van der Waals surface area (Å²) in [6.07, 6.45) is -0.0220. The Balaban J connectivity index is 1.64. The number of amides is 2. The molecule has 0 radical (unpaired) electrons. The molecule has 0 aliphatic carbocycles. The number of carbonyl (C=O) groups is 3. The van der Waals surface area contributed by atoms with Crippen molar-refractivity contribution in [1.82, 2.24) is 0 Å². The Morgan fingerprint density at radius 2 is 2.00 bits per heavy atom. The summed E-state index contributed by atoms with van der Waals surface area (Å²) in [7, 11) is 0. The molecule has 0 saturated heterocycles. The van der Waals surface area contributed by atoms with Gasteiger partial charge in [-0.2, -0.15) is 0 Å². The number of ether oxygens (including phenoxy) is 1. The highest BCUT2D eigenvalue weighted by Crippen LogP contribution is 2.29. The molecule has 7 nitrogen and oxygen atoms in total. The number of anilines is 3. The standard InChI is InChI=1S/C18H19N3O4S/c1-3-25-18(24)16-10(2)8-15(26-16)21-14(22)9-13-17(23)20-12-7-5-4-6-11(12)19-13/h4-8,13,19H,3,9H2,1-2H3,(H,20,23)(H,21,22). The van der Waals surface area contributed by atoms with Crippen molar-refractivity contribution < 1.29 is 19.1 Å². The Labute approximate surface area is 154 Å². The quantitative estimate of drug-likeness (QED) is 0.700. The molecule has 26 heavy (non-hydrogen) atoms. The fraction of sp³-hybridized carbons (Fsp3) is 0.278. The lowest BCUT2D eigenvalue weighted by molar-refractivity contribution is -0.122. The van der Waals surface area contributed by atoms with Gasteiger partial charge in [0.2, 0.25) is 11.8 Å². The van der Waals surface area contributed by atoms with Crippen molar-refractivity contribution in [1.29, 1.82) is 0 Å². The van der Waals surface area contributed by atoms with Gasteiger partial charge in [-0.1, -0.05) is 12.1 Å². The summed E-state index contributed by atoms with van der Waals surface area (Å²) < 4.78 is 4.99. The van der Waals surface area contributed by atoms with E-state index in [1.807, 2.05) is 18.2 Å². The van der Waals surface area contributed by atoms with Crippen molar-refractivity contribution in [3.8, 4) is 0 Å². The highest BCUT2D eigenvalue weighted by atomic mass is 32.1. The maximum absolute atomic E-state index is 12.3. The van der Waals surface area contributed by atoms with Gasteiger partial charge in [0.05, 0.1) is 29.4 Å². The van der Waals surface area contributed by atoms with E-state index in [0.717, 1.165) is 22.6 Å². The molecule has 1 aliphatic heterocycles. The summed E-state index contributed by atoms with van der Waals surface area (Å²) >= 11 is 1.16. The second kappa shape index (κ2) is 7.57. The molecule has 8 heteroatoms. The average molecular weight is 373 g/mol. The maximum Gasteiger partial charge on any atom is 0.348 e. The first kappa shape index (κ1) is 17.9. The monoisotopic (exact) mass is 373 g/mol. The summed E-state index contributed by atoms with van der Waals surface area (Å²) in [6.45, 7) is 3.82. The molecule has 3 N–H and O–H groups in total. The van der Waals surface area contributed by atoms with Crippen LogP contribution in [-0.2, 0) is 14.3 Å². The minimum atomic E-state index is -0.657. The zero-order valence-corrected chi connectivity index (χ0v) is 15.2. The Morgan fingerprint density at radius 3 is 2.73 bits per heavy atom. The van der Waals surface area contributed by atoms with Gasteiger partial charge in [0, 0.05) is 0 Å². The Morgan fingerprint density at radius 1 is 1.27 bits per heavy atom. The van der Waals surface area contributed by atoms with E-state index >= 15 is 0 Å². The van der Waals surface area contributed by atoms with Gasteiger partial charge in [0.25, 0.3) is 0 Å². The molecule has 0 bridgehead atoms. The molecule has 1 aromatic heterocycles. The van der Waals surface area contributed by atoms with Crippen LogP contribution in [0.3, 0.4) is 0 Å². The fourth-order valence-corrected chi connectivity index (χ4v) is 3.63. The largest absolute Gasteiger partial charge is 0.462 e. The summed E-state index contributed by atoms with van der Waals surface area (Å²) in [5.74, 6) is -0.970. The topological polar surface area (TPSA) is 96.5 Å².